The van der Waals surface area contributed by atoms with Crippen LogP contribution in [0.15, 0.2) is 48.5 Å². The van der Waals surface area contributed by atoms with Gasteiger partial charge in [0.1, 0.15) is 17.6 Å². The monoisotopic (exact) mass is 319 g/mol. The number of carbonyl (C=O) groups is 1. The SMILES string of the molecule is N#C/C(=C/c1ccc(OCC(=O)O)cc1)c1nc2ccccc2[nH]1. The molecule has 1 heterocycles. The number of fused-ring (bicyclic) bond motifs is 1. The van der Waals surface area contributed by atoms with Crippen LogP contribution < -0.4 is 4.74 Å². The Hall–Kier alpha value is -3.59. The highest BCUT2D eigenvalue weighted by molar-refractivity contribution is 5.90. The highest BCUT2D eigenvalue weighted by atomic mass is 16.5. The number of nitriles is 1. The molecular weight excluding hydrogens is 306 g/mol. The van der Waals surface area contributed by atoms with Crippen molar-refractivity contribution >= 4 is 28.7 Å². The average molecular weight is 319 g/mol. The highest BCUT2D eigenvalue weighted by Gasteiger charge is 2.07. The molecule has 0 radical (unpaired) electrons. The minimum absolute atomic E-state index is 0.391. The number of rotatable bonds is 5. The van der Waals surface area contributed by atoms with Crippen LogP contribution in [-0.4, -0.2) is 27.7 Å². The number of para-hydroxylation sites is 2. The van der Waals surface area contributed by atoms with Crippen LogP contribution in [0.5, 0.6) is 5.75 Å². The molecule has 0 saturated carbocycles. The Kier molecular flexibility index (Phi) is 4.25. The van der Waals surface area contributed by atoms with Gasteiger partial charge in [-0.25, -0.2) is 9.78 Å². The maximum absolute atomic E-state index is 10.5. The Bertz CT molecular complexity index is 917. The Morgan fingerprint density at radius 1 is 1.25 bits per heavy atom. The van der Waals surface area contributed by atoms with Gasteiger partial charge in [-0.05, 0) is 35.9 Å². The number of aromatic nitrogens is 2. The summed E-state index contributed by atoms with van der Waals surface area (Å²) in [5.74, 6) is -0.0719. The molecular formula is C18H13N3O3. The summed E-state index contributed by atoms with van der Waals surface area (Å²) in [5, 5.41) is 18.0. The Balaban J connectivity index is 1.85. The lowest BCUT2D eigenvalue weighted by Gasteiger charge is -2.03. The predicted octanol–water partition coefficient (Wildman–Crippen LogP) is 3.09. The quantitative estimate of drug-likeness (QED) is 0.704. The van der Waals surface area contributed by atoms with Crippen molar-refractivity contribution in [3.8, 4) is 11.8 Å². The van der Waals surface area contributed by atoms with E-state index in [0.717, 1.165) is 16.6 Å². The van der Waals surface area contributed by atoms with Gasteiger partial charge >= 0.3 is 5.97 Å². The zero-order valence-electron chi connectivity index (χ0n) is 12.6. The van der Waals surface area contributed by atoms with Crippen LogP contribution >= 0.6 is 0 Å². The third-order valence-corrected chi connectivity index (χ3v) is 3.32. The van der Waals surface area contributed by atoms with Crippen molar-refractivity contribution in [1.29, 1.82) is 5.26 Å². The van der Waals surface area contributed by atoms with Gasteiger partial charge in [0.2, 0.25) is 0 Å². The third kappa shape index (κ3) is 3.42. The first-order valence-electron chi connectivity index (χ1n) is 7.17. The lowest BCUT2D eigenvalue weighted by Crippen LogP contribution is -2.09. The number of nitrogens with one attached hydrogen (secondary N) is 1. The number of nitrogens with zero attached hydrogens (tertiary/aromatic N) is 2. The number of benzene rings is 2. The molecule has 1 aromatic heterocycles. The zero-order chi connectivity index (χ0) is 16.9. The van der Waals surface area contributed by atoms with E-state index in [1.807, 2.05) is 24.3 Å². The summed E-state index contributed by atoms with van der Waals surface area (Å²) in [5.41, 5.74) is 2.86. The molecule has 6 heteroatoms. The molecule has 0 amide bonds. The summed E-state index contributed by atoms with van der Waals surface area (Å²) in [7, 11) is 0. The predicted molar refractivity (Wildman–Crippen MR) is 89.2 cm³/mol. The van der Waals surface area contributed by atoms with Crippen LogP contribution in [-0.2, 0) is 4.79 Å². The number of H-pyrrole nitrogens is 1. The standard InChI is InChI=1S/C18H13N3O3/c19-10-13(18-20-15-3-1-2-4-16(15)21-18)9-12-5-7-14(8-6-12)24-11-17(22)23/h1-9H,11H2,(H,20,21)(H,22,23)/b13-9-. The Morgan fingerprint density at radius 3 is 2.67 bits per heavy atom. The number of aromatic amines is 1. The van der Waals surface area contributed by atoms with E-state index < -0.39 is 12.6 Å². The number of imidazole rings is 1. The van der Waals surface area contributed by atoms with Crippen molar-refractivity contribution in [2.45, 2.75) is 0 Å². The second kappa shape index (κ2) is 6.67. The van der Waals surface area contributed by atoms with Gasteiger partial charge in [-0.3, -0.25) is 0 Å². The van der Waals surface area contributed by atoms with Gasteiger partial charge in [0.25, 0.3) is 0 Å². The fourth-order valence-electron chi connectivity index (χ4n) is 2.21. The number of ether oxygens (including phenoxy) is 1. The first-order valence-corrected chi connectivity index (χ1v) is 7.17. The van der Waals surface area contributed by atoms with Gasteiger partial charge in [-0.2, -0.15) is 5.26 Å². The van der Waals surface area contributed by atoms with E-state index in [1.165, 1.54) is 0 Å². The first-order chi connectivity index (χ1) is 11.7. The van der Waals surface area contributed by atoms with E-state index in [2.05, 4.69) is 16.0 Å². The number of allylic oxidation sites excluding steroid dienone is 1. The summed E-state index contributed by atoms with van der Waals surface area (Å²) in [6.07, 6.45) is 1.71. The van der Waals surface area contributed by atoms with Crippen molar-refractivity contribution in [2.24, 2.45) is 0 Å². The number of hydrogen-bond donors (Lipinski definition) is 2. The van der Waals surface area contributed by atoms with Crippen molar-refractivity contribution < 1.29 is 14.6 Å². The van der Waals surface area contributed by atoms with E-state index in [4.69, 9.17) is 9.84 Å². The molecule has 0 saturated heterocycles. The van der Waals surface area contributed by atoms with Gasteiger partial charge in [0, 0.05) is 0 Å². The first kappa shape index (κ1) is 15.3. The smallest absolute Gasteiger partial charge is 0.341 e. The number of carboxylic acid groups (broad SMARTS) is 1. The second-order valence-corrected chi connectivity index (χ2v) is 5.02. The molecule has 2 N–H and O–H groups in total. The van der Waals surface area contributed by atoms with Crippen molar-refractivity contribution in [2.75, 3.05) is 6.61 Å². The topological polar surface area (TPSA) is 99.0 Å². The fraction of sp³-hybridized carbons (Fsp3) is 0.0556. The molecule has 0 aliphatic carbocycles. The van der Waals surface area contributed by atoms with Crippen LogP contribution in [0.1, 0.15) is 11.4 Å². The van der Waals surface area contributed by atoms with Crippen LogP contribution in [0.25, 0.3) is 22.7 Å². The molecule has 0 unspecified atom stereocenters. The largest absolute Gasteiger partial charge is 0.482 e. The lowest BCUT2D eigenvalue weighted by molar-refractivity contribution is -0.139. The minimum Gasteiger partial charge on any atom is -0.482 e. The van der Waals surface area contributed by atoms with E-state index >= 15 is 0 Å². The molecule has 6 nitrogen and oxygen atoms in total. The summed E-state index contributed by atoms with van der Waals surface area (Å²) in [4.78, 5) is 18.0. The summed E-state index contributed by atoms with van der Waals surface area (Å²) in [6.45, 7) is -0.391. The second-order valence-electron chi connectivity index (χ2n) is 5.02. The molecule has 0 aliphatic heterocycles. The van der Waals surface area contributed by atoms with Crippen molar-refractivity contribution in [3.05, 3.63) is 59.9 Å². The molecule has 118 valence electrons. The minimum atomic E-state index is -1.03. The summed E-state index contributed by atoms with van der Waals surface area (Å²) in [6, 6.07) is 16.5. The van der Waals surface area contributed by atoms with Gasteiger partial charge in [0.15, 0.2) is 6.61 Å². The lowest BCUT2D eigenvalue weighted by atomic mass is 10.1. The Morgan fingerprint density at radius 2 is 2.00 bits per heavy atom. The Labute approximate surface area is 137 Å². The van der Waals surface area contributed by atoms with Crippen LogP contribution in [0.3, 0.4) is 0 Å². The van der Waals surface area contributed by atoms with Gasteiger partial charge in [-0.15, -0.1) is 0 Å². The average Bonchev–Trinajstić information content (AvgIpc) is 3.02. The van der Waals surface area contributed by atoms with E-state index in [9.17, 15) is 10.1 Å². The summed E-state index contributed by atoms with van der Waals surface area (Å²) >= 11 is 0. The van der Waals surface area contributed by atoms with Crippen LogP contribution in [0.4, 0.5) is 0 Å². The molecule has 0 atom stereocenters. The number of aliphatic carboxylic acids is 1. The molecule has 0 fully saturated rings. The molecule has 2 aromatic carbocycles. The molecule has 0 spiro atoms. The van der Waals surface area contributed by atoms with E-state index in [-0.39, 0.29) is 0 Å². The summed E-state index contributed by atoms with van der Waals surface area (Å²) < 4.78 is 5.07. The van der Waals surface area contributed by atoms with Crippen molar-refractivity contribution in [3.63, 3.8) is 0 Å². The molecule has 0 aliphatic rings. The molecule has 3 rings (SSSR count). The van der Waals surface area contributed by atoms with Gasteiger partial charge in [-0.1, -0.05) is 24.3 Å². The molecule has 3 aromatic rings. The van der Waals surface area contributed by atoms with Gasteiger partial charge in [0.05, 0.1) is 16.6 Å². The fourth-order valence-corrected chi connectivity index (χ4v) is 2.21. The number of carboxylic acids is 1. The van der Waals surface area contributed by atoms with Gasteiger partial charge < -0.3 is 14.8 Å². The molecule has 0 bridgehead atoms. The van der Waals surface area contributed by atoms with Crippen LogP contribution in [0, 0.1) is 11.3 Å². The van der Waals surface area contributed by atoms with Crippen molar-refractivity contribution in [1.82, 2.24) is 9.97 Å². The third-order valence-electron chi connectivity index (χ3n) is 3.32. The maximum Gasteiger partial charge on any atom is 0.341 e. The van der Waals surface area contributed by atoms with E-state index in [0.29, 0.717) is 17.1 Å². The zero-order valence-corrected chi connectivity index (χ0v) is 12.6. The maximum atomic E-state index is 10.5. The highest BCUT2D eigenvalue weighted by Crippen LogP contribution is 2.20. The number of hydrogen-bond acceptors (Lipinski definition) is 4. The van der Waals surface area contributed by atoms with E-state index in [1.54, 1.807) is 30.3 Å². The normalized spacial score (nSPS) is 11.2. The van der Waals surface area contributed by atoms with Crippen LogP contribution in [0.2, 0.25) is 0 Å². The molecule has 24 heavy (non-hydrogen) atoms.